The molecular formula is C7H6ClN3O2S. The second-order valence-corrected chi connectivity index (χ2v) is 5.29. The highest BCUT2D eigenvalue weighted by atomic mass is 35.7. The Kier molecular flexibility index (Phi) is 1.97. The summed E-state index contributed by atoms with van der Waals surface area (Å²) in [6, 6.07) is 1.68. The average molecular weight is 232 g/mol. The molecule has 0 saturated carbocycles. The smallest absolute Gasteiger partial charge is 0.273 e. The summed E-state index contributed by atoms with van der Waals surface area (Å²) in [5, 5.41) is -0.0679. The lowest BCUT2D eigenvalue weighted by Crippen LogP contribution is -1.98. The lowest BCUT2D eigenvalue weighted by molar-refractivity contribution is 0.605. The van der Waals surface area contributed by atoms with Crippen LogP contribution in [-0.2, 0) is 9.05 Å². The van der Waals surface area contributed by atoms with Gasteiger partial charge in [-0.1, -0.05) is 0 Å². The van der Waals surface area contributed by atoms with Crippen molar-refractivity contribution in [3.63, 3.8) is 0 Å². The Morgan fingerprint density at radius 2 is 2.21 bits per heavy atom. The molecule has 0 unspecified atom stereocenters. The minimum Gasteiger partial charge on any atom is -0.273 e. The van der Waals surface area contributed by atoms with Crippen molar-refractivity contribution in [2.75, 3.05) is 0 Å². The molecule has 0 spiro atoms. The third-order valence-electron chi connectivity index (χ3n) is 1.73. The van der Waals surface area contributed by atoms with Crippen LogP contribution in [0.25, 0.3) is 5.78 Å². The highest BCUT2D eigenvalue weighted by Crippen LogP contribution is 2.15. The Labute approximate surface area is 84.8 Å². The minimum absolute atomic E-state index is 0.0679. The van der Waals surface area contributed by atoms with Gasteiger partial charge in [-0.15, -0.1) is 0 Å². The SMILES string of the molecule is Cc1ccn2c(S(=O)(=O)Cl)cnc2n1. The predicted octanol–water partition coefficient (Wildman–Crippen LogP) is 0.965. The van der Waals surface area contributed by atoms with E-state index >= 15 is 0 Å². The normalized spacial score (nSPS) is 12.1. The second-order valence-electron chi connectivity index (χ2n) is 2.77. The van der Waals surface area contributed by atoms with Gasteiger partial charge in [0, 0.05) is 22.6 Å². The Bertz CT molecular complexity index is 590. The molecule has 0 fully saturated rings. The van der Waals surface area contributed by atoms with E-state index in [0.29, 0.717) is 5.78 Å². The van der Waals surface area contributed by atoms with Crippen molar-refractivity contribution < 1.29 is 8.42 Å². The monoisotopic (exact) mass is 231 g/mol. The van der Waals surface area contributed by atoms with Gasteiger partial charge in [0.25, 0.3) is 9.05 Å². The maximum atomic E-state index is 11.1. The summed E-state index contributed by atoms with van der Waals surface area (Å²) in [6.07, 6.45) is 2.75. The number of halogens is 1. The number of fused-ring (bicyclic) bond motifs is 1. The average Bonchev–Trinajstić information content (AvgIpc) is 2.45. The molecular weight excluding hydrogens is 226 g/mol. The molecule has 2 heterocycles. The number of imidazole rings is 1. The molecule has 2 rings (SSSR count). The highest BCUT2D eigenvalue weighted by Gasteiger charge is 2.16. The lowest BCUT2D eigenvalue weighted by Gasteiger charge is -1.96. The molecule has 2 aromatic heterocycles. The van der Waals surface area contributed by atoms with Crippen molar-refractivity contribution in [1.29, 1.82) is 0 Å². The van der Waals surface area contributed by atoms with Crippen LogP contribution >= 0.6 is 10.7 Å². The van der Waals surface area contributed by atoms with E-state index in [1.54, 1.807) is 19.2 Å². The first kappa shape index (κ1) is 9.42. The van der Waals surface area contributed by atoms with Gasteiger partial charge >= 0.3 is 0 Å². The summed E-state index contributed by atoms with van der Waals surface area (Å²) in [5.74, 6) is 0.323. The molecule has 0 radical (unpaired) electrons. The van der Waals surface area contributed by atoms with Crippen molar-refractivity contribution >= 4 is 25.5 Å². The molecule has 74 valence electrons. The Morgan fingerprint density at radius 1 is 1.50 bits per heavy atom. The molecule has 14 heavy (non-hydrogen) atoms. The van der Waals surface area contributed by atoms with Crippen LogP contribution in [0.3, 0.4) is 0 Å². The number of nitrogens with zero attached hydrogens (tertiary/aromatic N) is 3. The quantitative estimate of drug-likeness (QED) is 0.686. The fourth-order valence-corrected chi connectivity index (χ4v) is 2.02. The van der Waals surface area contributed by atoms with Crippen LogP contribution in [0.15, 0.2) is 23.5 Å². The standard InChI is InChI=1S/C7H6ClN3O2S/c1-5-2-3-11-6(14(8,12)13)4-9-7(11)10-5/h2-4H,1H3. The van der Waals surface area contributed by atoms with Gasteiger partial charge in [0.1, 0.15) is 0 Å². The summed E-state index contributed by atoms with van der Waals surface area (Å²) < 4.78 is 23.5. The summed E-state index contributed by atoms with van der Waals surface area (Å²) in [5.41, 5.74) is 0.765. The fraction of sp³-hybridized carbons (Fsp3) is 0.143. The topological polar surface area (TPSA) is 64.3 Å². The zero-order chi connectivity index (χ0) is 10.3. The van der Waals surface area contributed by atoms with Gasteiger partial charge in [0.15, 0.2) is 5.03 Å². The number of hydrogen-bond acceptors (Lipinski definition) is 4. The minimum atomic E-state index is -3.77. The molecule has 0 amide bonds. The molecule has 0 aromatic carbocycles. The Morgan fingerprint density at radius 3 is 2.86 bits per heavy atom. The zero-order valence-electron chi connectivity index (χ0n) is 7.18. The summed E-state index contributed by atoms with van der Waals surface area (Å²) in [4.78, 5) is 7.87. The maximum Gasteiger partial charge on any atom is 0.278 e. The largest absolute Gasteiger partial charge is 0.278 e. The van der Waals surface area contributed by atoms with E-state index in [0.717, 1.165) is 5.69 Å². The van der Waals surface area contributed by atoms with Crippen LogP contribution < -0.4 is 0 Å². The van der Waals surface area contributed by atoms with Gasteiger partial charge in [0.2, 0.25) is 5.78 Å². The van der Waals surface area contributed by atoms with Crippen molar-refractivity contribution in [3.05, 3.63) is 24.2 Å². The summed E-state index contributed by atoms with van der Waals surface area (Å²) in [6.45, 7) is 1.80. The predicted molar refractivity (Wildman–Crippen MR) is 50.8 cm³/mol. The maximum absolute atomic E-state index is 11.1. The first-order valence-corrected chi connectivity index (χ1v) is 6.05. The second kappa shape index (κ2) is 2.93. The first-order chi connectivity index (χ1) is 6.48. The molecule has 0 atom stereocenters. The fourth-order valence-electron chi connectivity index (χ4n) is 1.12. The van der Waals surface area contributed by atoms with Gasteiger partial charge in [-0.25, -0.2) is 18.4 Å². The molecule has 0 aliphatic rings. The molecule has 7 heteroatoms. The number of rotatable bonds is 1. The summed E-state index contributed by atoms with van der Waals surface area (Å²) in [7, 11) is 1.44. The number of aromatic nitrogens is 3. The Balaban J connectivity index is 2.83. The van der Waals surface area contributed by atoms with Crippen LogP contribution in [-0.4, -0.2) is 22.8 Å². The van der Waals surface area contributed by atoms with Crippen LogP contribution in [0.2, 0.25) is 0 Å². The van der Waals surface area contributed by atoms with E-state index in [4.69, 9.17) is 10.7 Å². The number of aryl methyl sites for hydroxylation is 1. The molecule has 0 aliphatic heterocycles. The van der Waals surface area contributed by atoms with Crippen LogP contribution in [0.4, 0.5) is 0 Å². The highest BCUT2D eigenvalue weighted by molar-refractivity contribution is 8.13. The van der Waals surface area contributed by atoms with Crippen molar-refractivity contribution in [2.24, 2.45) is 0 Å². The van der Waals surface area contributed by atoms with Crippen molar-refractivity contribution in [1.82, 2.24) is 14.4 Å². The number of hydrogen-bond donors (Lipinski definition) is 0. The van der Waals surface area contributed by atoms with E-state index in [1.807, 2.05) is 0 Å². The van der Waals surface area contributed by atoms with Crippen LogP contribution in [0.5, 0.6) is 0 Å². The van der Waals surface area contributed by atoms with Gasteiger partial charge < -0.3 is 0 Å². The third-order valence-corrected chi connectivity index (χ3v) is 3.01. The molecule has 2 aromatic rings. The molecule has 5 nitrogen and oxygen atoms in total. The zero-order valence-corrected chi connectivity index (χ0v) is 8.75. The molecule has 0 saturated heterocycles. The molecule has 0 aliphatic carbocycles. The van der Waals surface area contributed by atoms with E-state index in [-0.39, 0.29) is 5.03 Å². The van der Waals surface area contributed by atoms with E-state index in [9.17, 15) is 8.42 Å². The molecule has 0 bridgehead atoms. The lowest BCUT2D eigenvalue weighted by atomic mass is 10.5. The van der Waals surface area contributed by atoms with Gasteiger partial charge in [-0.2, -0.15) is 0 Å². The van der Waals surface area contributed by atoms with Gasteiger partial charge in [-0.05, 0) is 13.0 Å². The Hall–Kier alpha value is -1.14. The summed E-state index contributed by atoms with van der Waals surface area (Å²) >= 11 is 0. The van der Waals surface area contributed by atoms with Crippen LogP contribution in [0, 0.1) is 6.92 Å². The van der Waals surface area contributed by atoms with E-state index in [2.05, 4.69) is 9.97 Å². The third kappa shape index (κ3) is 1.46. The van der Waals surface area contributed by atoms with E-state index < -0.39 is 9.05 Å². The first-order valence-electron chi connectivity index (χ1n) is 3.74. The van der Waals surface area contributed by atoms with E-state index in [1.165, 1.54) is 10.6 Å². The van der Waals surface area contributed by atoms with Crippen molar-refractivity contribution in [3.8, 4) is 0 Å². The van der Waals surface area contributed by atoms with Crippen molar-refractivity contribution in [2.45, 2.75) is 11.9 Å². The molecule has 0 N–H and O–H groups in total. The van der Waals surface area contributed by atoms with Crippen LogP contribution in [0.1, 0.15) is 5.69 Å². The van der Waals surface area contributed by atoms with Gasteiger partial charge in [-0.3, -0.25) is 4.40 Å². The van der Waals surface area contributed by atoms with Gasteiger partial charge in [0.05, 0.1) is 6.20 Å².